The highest BCUT2D eigenvalue weighted by Gasteiger charge is 2.65. The fraction of sp³-hybridized carbons (Fsp3) is 0.419. The van der Waals surface area contributed by atoms with Crippen LogP contribution in [0, 0.1) is 24.7 Å². The fourth-order valence-corrected chi connectivity index (χ4v) is 7.00. The van der Waals surface area contributed by atoms with Crippen LogP contribution in [-0.4, -0.2) is 75.2 Å². The highest BCUT2D eigenvalue weighted by molar-refractivity contribution is 5.96. The molecule has 1 aliphatic rings. The van der Waals surface area contributed by atoms with Crippen LogP contribution >= 0.6 is 0 Å². The number of ketones is 1. The number of anilines is 1. The average Bonchev–Trinajstić information content (AvgIpc) is 3.71. The fourth-order valence-electron chi connectivity index (χ4n) is 7.00. The molecule has 13 nitrogen and oxygen atoms in total. The molecule has 1 aliphatic carbocycles. The summed E-state index contributed by atoms with van der Waals surface area (Å²) in [6, 6.07) is 18.3. The smallest absolute Gasteiger partial charge is 0.411 e. The first-order valence-corrected chi connectivity index (χ1v) is 19.3. The predicted octanol–water partition coefficient (Wildman–Crippen LogP) is 8.13. The minimum atomic E-state index is -5.45. The van der Waals surface area contributed by atoms with Crippen LogP contribution in [0.15, 0.2) is 66.7 Å². The van der Waals surface area contributed by atoms with Gasteiger partial charge >= 0.3 is 29.9 Å². The van der Waals surface area contributed by atoms with Crippen molar-refractivity contribution >= 4 is 35.4 Å². The van der Waals surface area contributed by atoms with Gasteiger partial charge in [-0.15, -0.1) is 0 Å². The number of methoxy groups -OCH3 is 1. The molecular formula is C43H47F4N5O8. The molecule has 1 aromatic heterocycles. The third-order valence-corrected chi connectivity index (χ3v) is 10.3. The zero-order valence-corrected chi connectivity index (χ0v) is 33.7. The Morgan fingerprint density at radius 1 is 0.900 bits per heavy atom. The molecule has 4 N–H and O–H groups in total. The van der Waals surface area contributed by atoms with Gasteiger partial charge in [-0.3, -0.25) is 14.7 Å². The normalized spacial score (nSPS) is 16.4. The number of carboxylic acids is 1. The molecule has 60 heavy (non-hydrogen) atoms. The predicted molar refractivity (Wildman–Crippen MR) is 211 cm³/mol. The van der Waals surface area contributed by atoms with Crippen LogP contribution in [-0.2, 0) is 36.2 Å². The van der Waals surface area contributed by atoms with Crippen LogP contribution in [0.2, 0.25) is 0 Å². The van der Waals surface area contributed by atoms with Crippen molar-refractivity contribution in [2.24, 2.45) is 17.8 Å². The summed E-state index contributed by atoms with van der Waals surface area (Å²) in [6.07, 6.45) is 2.27. The number of carboxylic acid groups (broad SMARTS) is 1. The third-order valence-electron chi connectivity index (χ3n) is 10.3. The molecule has 320 valence electrons. The molecule has 1 heterocycles. The second-order valence-corrected chi connectivity index (χ2v) is 15.9. The molecule has 1 saturated carbocycles. The lowest BCUT2D eigenvalue weighted by atomic mass is 9.77. The number of nitrogens with one attached hydrogen (secondary N) is 3. The Morgan fingerprint density at radius 3 is 2.12 bits per heavy atom. The number of nitrogens with zero attached hydrogens (tertiary/aromatic N) is 2. The summed E-state index contributed by atoms with van der Waals surface area (Å²) in [5, 5.41) is 19.4. The lowest BCUT2D eigenvalue weighted by molar-refractivity contribution is -0.231. The topological polar surface area (TPSA) is 190 Å². The lowest BCUT2D eigenvalue weighted by Gasteiger charge is -2.29. The number of aliphatic carboxylic acids is 1. The standard InChI is InChI=1S/C43H47F4N5O8/c1-24-20-30(37(55)59-5)16-19-33(24)27-10-6-25(7-11-27)21-31(22-34(53)28-12-8-26(9-13-28)23-48-40(58)60-41(2,3)4)36(54)49-32-17-14-29(15-18-32)35-50-38(52-51-35)42(44,45)43(46,47)39(56)57/h6-7,10-11,14-20,26,28,31H,8-9,12-13,21-23H2,1-5H3,(H,48,58)(H,49,54)(H,56,57)(H,50,51,52)/t26?,28?,31-/m1/s1. The highest BCUT2D eigenvalue weighted by Crippen LogP contribution is 2.42. The van der Waals surface area contributed by atoms with Gasteiger partial charge < -0.3 is 25.2 Å². The highest BCUT2D eigenvalue weighted by atomic mass is 19.3. The van der Waals surface area contributed by atoms with Crippen LogP contribution in [0.3, 0.4) is 0 Å². The third kappa shape index (κ3) is 10.9. The molecule has 0 aliphatic heterocycles. The van der Waals surface area contributed by atoms with Crippen molar-refractivity contribution in [2.45, 2.75) is 83.7 Å². The molecule has 1 atom stereocenters. The Hall–Kier alpha value is -6.13. The van der Waals surface area contributed by atoms with E-state index < -0.39 is 59.0 Å². The number of aryl methyl sites for hydroxylation is 1. The molecule has 2 amide bonds. The second kappa shape index (κ2) is 18.4. The molecule has 3 aromatic carbocycles. The molecule has 0 unspecified atom stereocenters. The summed E-state index contributed by atoms with van der Waals surface area (Å²) >= 11 is 0. The van der Waals surface area contributed by atoms with E-state index in [1.54, 1.807) is 38.0 Å². The van der Waals surface area contributed by atoms with Crippen LogP contribution < -0.4 is 10.6 Å². The maximum atomic E-state index is 14.3. The van der Waals surface area contributed by atoms with Crippen molar-refractivity contribution in [1.29, 1.82) is 0 Å². The maximum Gasteiger partial charge on any atom is 0.411 e. The summed E-state index contributed by atoms with van der Waals surface area (Å²) in [5.41, 5.74) is 3.59. The van der Waals surface area contributed by atoms with E-state index in [1.165, 1.54) is 31.4 Å². The number of hydrogen-bond donors (Lipinski definition) is 4. The zero-order chi connectivity index (χ0) is 44.0. The van der Waals surface area contributed by atoms with E-state index in [0.717, 1.165) is 22.3 Å². The van der Waals surface area contributed by atoms with Gasteiger partial charge in [-0.05, 0) is 124 Å². The number of benzene rings is 3. The van der Waals surface area contributed by atoms with E-state index in [4.69, 9.17) is 14.6 Å². The van der Waals surface area contributed by atoms with Gasteiger partial charge in [0.1, 0.15) is 11.4 Å². The lowest BCUT2D eigenvalue weighted by Crippen LogP contribution is -2.45. The molecule has 5 rings (SSSR count). The van der Waals surface area contributed by atoms with Crippen molar-refractivity contribution in [1.82, 2.24) is 20.5 Å². The first-order valence-electron chi connectivity index (χ1n) is 19.3. The number of alkyl halides is 4. The number of amides is 2. The SMILES string of the molecule is COC(=O)c1ccc(-c2ccc(C[C@H](CC(=O)C3CCC(CNC(=O)OC(C)(C)C)CC3)C(=O)Nc3ccc(-c4n[nH]c(C(F)(F)C(F)(F)C(=O)O)n4)cc3)cc2)c(C)c1. The van der Waals surface area contributed by atoms with Gasteiger partial charge in [0.15, 0.2) is 5.82 Å². The Labute approximate surface area is 343 Å². The maximum absolute atomic E-state index is 14.3. The first-order chi connectivity index (χ1) is 28.2. The van der Waals surface area contributed by atoms with E-state index in [0.29, 0.717) is 37.8 Å². The van der Waals surface area contributed by atoms with Crippen LogP contribution in [0.1, 0.15) is 80.2 Å². The van der Waals surface area contributed by atoms with Gasteiger partial charge in [0, 0.05) is 36.1 Å². The van der Waals surface area contributed by atoms with Crippen molar-refractivity contribution in [3.05, 3.63) is 89.2 Å². The van der Waals surface area contributed by atoms with Gasteiger partial charge in [0.25, 0.3) is 0 Å². The summed E-state index contributed by atoms with van der Waals surface area (Å²) in [6.45, 7) is 7.65. The van der Waals surface area contributed by atoms with Crippen molar-refractivity contribution in [2.75, 3.05) is 19.0 Å². The van der Waals surface area contributed by atoms with E-state index >= 15 is 0 Å². The number of alkyl carbamates (subject to hydrolysis) is 1. The quantitative estimate of drug-likeness (QED) is 0.0672. The molecule has 4 aromatic rings. The van der Waals surface area contributed by atoms with Gasteiger partial charge in [-0.1, -0.05) is 30.3 Å². The van der Waals surface area contributed by atoms with Gasteiger partial charge in [0.05, 0.1) is 12.7 Å². The van der Waals surface area contributed by atoms with Crippen LogP contribution in [0.5, 0.6) is 0 Å². The van der Waals surface area contributed by atoms with Crippen LogP contribution in [0.25, 0.3) is 22.5 Å². The first kappa shape index (κ1) is 45.0. The molecule has 0 spiro atoms. The Morgan fingerprint density at radius 2 is 1.53 bits per heavy atom. The number of Topliss-reactive ketones (excluding diaryl/α,β-unsaturated/α-hetero) is 1. The van der Waals surface area contributed by atoms with E-state index in [1.807, 2.05) is 37.3 Å². The molecule has 0 radical (unpaired) electrons. The number of ether oxygens (including phenoxy) is 2. The van der Waals surface area contributed by atoms with Crippen molar-refractivity contribution < 1.29 is 56.1 Å². The Balaban J connectivity index is 1.29. The van der Waals surface area contributed by atoms with Gasteiger partial charge in [-0.25, -0.2) is 19.4 Å². The number of halogens is 4. The summed E-state index contributed by atoms with van der Waals surface area (Å²) in [5.74, 6) is -17.6. The monoisotopic (exact) mass is 837 g/mol. The molecule has 0 bridgehead atoms. The number of carbonyl (C=O) groups is 5. The summed E-state index contributed by atoms with van der Waals surface area (Å²) < 4.78 is 66.1. The van der Waals surface area contributed by atoms with Crippen molar-refractivity contribution in [3.63, 3.8) is 0 Å². The second-order valence-electron chi connectivity index (χ2n) is 15.9. The van der Waals surface area contributed by atoms with E-state index in [9.17, 15) is 41.5 Å². The number of aromatic amines is 1. The van der Waals surface area contributed by atoms with Gasteiger partial charge in [0.2, 0.25) is 11.7 Å². The number of rotatable bonds is 15. The minimum absolute atomic E-state index is 0.0551. The summed E-state index contributed by atoms with van der Waals surface area (Å²) in [4.78, 5) is 66.0. The van der Waals surface area contributed by atoms with Crippen molar-refractivity contribution in [3.8, 4) is 22.5 Å². The van der Waals surface area contributed by atoms with Gasteiger partial charge in [-0.2, -0.15) is 22.7 Å². The number of esters is 1. The minimum Gasteiger partial charge on any atom is -0.477 e. The number of carbonyl (C=O) groups excluding carboxylic acids is 4. The molecular weight excluding hydrogens is 790 g/mol. The number of aromatic nitrogens is 3. The number of hydrogen-bond acceptors (Lipinski definition) is 9. The Bertz CT molecular complexity index is 2200. The average molecular weight is 838 g/mol. The van der Waals surface area contributed by atoms with E-state index in [-0.39, 0.29) is 41.7 Å². The molecule has 17 heteroatoms. The summed E-state index contributed by atoms with van der Waals surface area (Å²) in [7, 11) is 1.31. The Kier molecular flexibility index (Phi) is 13.8. The largest absolute Gasteiger partial charge is 0.477 e. The zero-order valence-electron chi connectivity index (χ0n) is 33.7. The van der Waals surface area contributed by atoms with Crippen LogP contribution in [0.4, 0.5) is 28.0 Å². The molecule has 1 fully saturated rings. The molecule has 0 saturated heterocycles. The number of H-pyrrole nitrogens is 1. The van der Waals surface area contributed by atoms with E-state index in [2.05, 4.69) is 20.7 Å².